The highest BCUT2D eigenvalue weighted by Gasteiger charge is 2.50. The van der Waals surface area contributed by atoms with E-state index in [-0.39, 0.29) is 11.8 Å². The minimum atomic E-state index is -0.826. The van der Waals surface area contributed by atoms with Crippen molar-refractivity contribution in [1.82, 2.24) is 4.90 Å². The first-order valence-electron chi connectivity index (χ1n) is 10.3. The van der Waals surface area contributed by atoms with Crippen LogP contribution in [0.1, 0.15) is 36.1 Å². The molecule has 2 unspecified atom stereocenters. The van der Waals surface area contributed by atoms with Gasteiger partial charge in [-0.05, 0) is 42.5 Å². The number of rotatable bonds is 6. The molecule has 3 heteroatoms. The smallest absolute Gasteiger partial charge is 0.232 e. The summed E-state index contributed by atoms with van der Waals surface area (Å²) in [5.74, 6) is -0.148. The first-order chi connectivity index (χ1) is 14.1. The van der Waals surface area contributed by atoms with E-state index in [4.69, 9.17) is 5.73 Å². The largest absolute Gasteiger partial charge is 0.369 e. The standard InChI is InChI=1S/C26H28N2O/c1-20(21-11-5-2-6-12-21)28-18-17-24(19-28)26(25(27)29,22-13-7-3-8-14-22)23-15-9-4-10-16-23/h2-16,20,24H,17-19H2,1H3,(H2,27,29). The van der Waals surface area contributed by atoms with Crippen LogP contribution < -0.4 is 5.73 Å². The molecule has 1 amide bonds. The minimum absolute atomic E-state index is 0.121. The highest BCUT2D eigenvalue weighted by atomic mass is 16.1. The van der Waals surface area contributed by atoms with Gasteiger partial charge < -0.3 is 5.73 Å². The Labute approximate surface area is 173 Å². The number of benzene rings is 3. The van der Waals surface area contributed by atoms with Crippen molar-refractivity contribution in [2.24, 2.45) is 11.7 Å². The summed E-state index contributed by atoms with van der Waals surface area (Å²) < 4.78 is 0. The van der Waals surface area contributed by atoms with Crippen LogP contribution in [0.25, 0.3) is 0 Å². The maximum Gasteiger partial charge on any atom is 0.232 e. The molecular weight excluding hydrogens is 356 g/mol. The molecule has 0 spiro atoms. The molecular formula is C26H28N2O. The van der Waals surface area contributed by atoms with E-state index in [9.17, 15) is 4.79 Å². The van der Waals surface area contributed by atoms with Gasteiger partial charge in [-0.2, -0.15) is 0 Å². The molecule has 3 aromatic carbocycles. The van der Waals surface area contributed by atoms with E-state index in [2.05, 4.69) is 36.1 Å². The predicted molar refractivity (Wildman–Crippen MR) is 117 cm³/mol. The summed E-state index contributed by atoms with van der Waals surface area (Å²) >= 11 is 0. The number of carbonyl (C=O) groups excluding carboxylic acids is 1. The maximum absolute atomic E-state index is 13.2. The number of hydrogen-bond donors (Lipinski definition) is 1. The van der Waals surface area contributed by atoms with E-state index < -0.39 is 5.41 Å². The predicted octanol–water partition coefficient (Wildman–Crippen LogP) is 4.54. The SMILES string of the molecule is CC(c1ccccc1)N1CCC(C(C(N)=O)(c2ccccc2)c2ccccc2)C1. The summed E-state index contributed by atoms with van der Waals surface area (Å²) in [7, 11) is 0. The Morgan fingerprint density at radius 3 is 1.86 bits per heavy atom. The Bertz CT molecular complexity index is 901. The van der Waals surface area contributed by atoms with Crippen LogP contribution >= 0.6 is 0 Å². The third kappa shape index (κ3) is 3.47. The van der Waals surface area contributed by atoms with Crippen LogP contribution in [0.5, 0.6) is 0 Å². The molecule has 29 heavy (non-hydrogen) atoms. The van der Waals surface area contributed by atoms with Crippen LogP contribution in [0.15, 0.2) is 91.0 Å². The van der Waals surface area contributed by atoms with E-state index in [1.165, 1.54) is 5.56 Å². The number of nitrogens with zero attached hydrogens (tertiary/aromatic N) is 1. The third-order valence-corrected chi connectivity index (χ3v) is 6.51. The molecule has 0 radical (unpaired) electrons. The maximum atomic E-state index is 13.2. The Morgan fingerprint density at radius 1 is 0.897 bits per heavy atom. The lowest BCUT2D eigenvalue weighted by Crippen LogP contribution is -2.49. The van der Waals surface area contributed by atoms with Gasteiger partial charge in [0.1, 0.15) is 5.41 Å². The van der Waals surface area contributed by atoms with Crippen molar-refractivity contribution in [2.45, 2.75) is 24.8 Å². The van der Waals surface area contributed by atoms with Gasteiger partial charge in [0.25, 0.3) is 0 Å². The fraction of sp³-hybridized carbons (Fsp3) is 0.269. The molecule has 3 nitrogen and oxygen atoms in total. The highest BCUT2D eigenvalue weighted by Crippen LogP contribution is 2.44. The van der Waals surface area contributed by atoms with Crippen LogP contribution in [0.4, 0.5) is 0 Å². The molecule has 1 heterocycles. The van der Waals surface area contributed by atoms with Gasteiger partial charge in [-0.25, -0.2) is 0 Å². The first kappa shape index (κ1) is 19.4. The molecule has 3 aromatic rings. The lowest BCUT2D eigenvalue weighted by Gasteiger charge is -2.38. The number of primary amides is 1. The van der Waals surface area contributed by atoms with Crippen LogP contribution in [0, 0.1) is 5.92 Å². The van der Waals surface area contributed by atoms with Crippen LogP contribution in [0.3, 0.4) is 0 Å². The Morgan fingerprint density at radius 2 is 1.38 bits per heavy atom. The van der Waals surface area contributed by atoms with E-state index in [1.807, 2.05) is 66.7 Å². The van der Waals surface area contributed by atoms with Crippen molar-refractivity contribution >= 4 is 5.91 Å². The number of hydrogen-bond acceptors (Lipinski definition) is 2. The first-order valence-corrected chi connectivity index (χ1v) is 10.3. The zero-order valence-electron chi connectivity index (χ0n) is 16.9. The minimum Gasteiger partial charge on any atom is -0.369 e. The molecule has 2 atom stereocenters. The van der Waals surface area contributed by atoms with E-state index >= 15 is 0 Å². The van der Waals surface area contributed by atoms with Crippen molar-refractivity contribution in [2.75, 3.05) is 13.1 Å². The van der Waals surface area contributed by atoms with Gasteiger partial charge in [0, 0.05) is 12.6 Å². The topological polar surface area (TPSA) is 46.3 Å². The van der Waals surface area contributed by atoms with Crippen molar-refractivity contribution in [1.29, 1.82) is 0 Å². The van der Waals surface area contributed by atoms with Crippen molar-refractivity contribution < 1.29 is 4.79 Å². The van der Waals surface area contributed by atoms with Crippen molar-refractivity contribution in [3.63, 3.8) is 0 Å². The van der Waals surface area contributed by atoms with Crippen LogP contribution in [-0.2, 0) is 10.2 Å². The Balaban J connectivity index is 1.74. The van der Waals surface area contributed by atoms with Gasteiger partial charge in [-0.3, -0.25) is 9.69 Å². The molecule has 2 N–H and O–H groups in total. The monoisotopic (exact) mass is 384 g/mol. The molecule has 1 aliphatic heterocycles. The molecule has 1 aliphatic rings. The van der Waals surface area contributed by atoms with Gasteiger partial charge in [-0.1, -0.05) is 91.0 Å². The van der Waals surface area contributed by atoms with Gasteiger partial charge >= 0.3 is 0 Å². The summed E-state index contributed by atoms with van der Waals surface area (Å²) in [5.41, 5.74) is 8.64. The zero-order valence-corrected chi connectivity index (χ0v) is 16.9. The molecule has 0 aliphatic carbocycles. The molecule has 1 saturated heterocycles. The molecule has 1 fully saturated rings. The fourth-order valence-electron chi connectivity index (χ4n) is 4.96. The van der Waals surface area contributed by atoms with Crippen molar-refractivity contribution in [3.8, 4) is 0 Å². The van der Waals surface area contributed by atoms with E-state index in [0.717, 1.165) is 30.6 Å². The Hall–Kier alpha value is -2.91. The lowest BCUT2D eigenvalue weighted by molar-refractivity contribution is -0.123. The second-order valence-electron chi connectivity index (χ2n) is 7.97. The molecule has 4 rings (SSSR count). The normalized spacial score (nSPS) is 18.4. The summed E-state index contributed by atoms with van der Waals surface area (Å²) in [6, 6.07) is 31.0. The fourth-order valence-corrected chi connectivity index (χ4v) is 4.96. The van der Waals surface area contributed by atoms with E-state index in [0.29, 0.717) is 6.04 Å². The number of likely N-dealkylation sites (tertiary alicyclic amines) is 1. The third-order valence-electron chi connectivity index (χ3n) is 6.51. The summed E-state index contributed by atoms with van der Waals surface area (Å²) in [4.78, 5) is 15.6. The lowest BCUT2D eigenvalue weighted by atomic mass is 9.64. The molecule has 0 bridgehead atoms. The zero-order chi connectivity index (χ0) is 20.3. The second kappa shape index (κ2) is 8.22. The second-order valence-corrected chi connectivity index (χ2v) is 7.97. The molecule has 0 aromatic heterocycles. The number of amides is 1. The average molecular weight is 385 g/mol. The quantitative estimate of drug-likeness (QED) is 0.678. The van der Waals surface area contributed by atoms with Gasteiger partial charge in [-0.15, -0.1) is 0 Å². The summed E-state index contributed by atoms with van der Waals surface area (Å²) in [6.07, 6.45) is 0.934. The van der Waals surface area contributed by atoms with Crippen molar-refractivity contribution in [3.05, 3.63) is 108 Å². The summed E-state index contributed by atoms with van der Waals surface area (Å²) in [5, 5.41) is 0. The van der Waals surface area contributed by atoms with Crippen LogP contribution in [0.2, 0.25) is 0 Å². The van der Waals surface area contributed by atoms with Gasteiger partial charge in [0.05, 0.1) is 0 Å². The Kier molecular flexibility index (Phi) is 5.50. The van der Waals surface area contributed by atoms with Gasteiger partial charge in [0.15, 0.2) is 0 Å². The summed E-state index contributed by atoms with van der Waals surface area (Å²) in [6.45, 7) is 4.03. The number of carbonyl (C=O) groups is 1. The van der Waals surface area contributed by atoms with Crippen LogP contribution in [-0.4, -0.2) is 23.9 Å². The highest BCUT2D eigenvalue weighted by molar-refractivity contribution is 5.91. The van der Waals surface area contributed by atoms with E-state index in [1.54, 1.807) is 0 Å². The molecule has 148 valence electrons. The molecule has 0 saturated carbocycles. The van der Waals surface area contributed by atoms with Gasteiger partial charge in [0.2, 0.25) is 5.91 Å². The number of nitrogens with two attached hydrogens (primary N) is 1. The average Bonchev–Trinajstić information content (AvgIpc) is 3.26.